The lowest BCUT2D eigenvalue weighted by Gasteiger charge is -2.26. The third kappa shape index (κ3) is 4.07. The molecule has 150 valence electrons. The van der Waals surface area contributed by atoms with E-state index in [4.69, 9.17) is 4.74 Å². The molecule has 0 spiro atoms. The van der Waals surface area contributed by atoms with Gasteiger partial charge in [-0.25, -0.2) is 8.91 Å². The molecule has 4 heterocycles. The maximum absolute atomic E-state index is 14.0. The molecule has 1 aliphatic rings. The first-order valence-corrected chi connectivity index (χ1v) is 9.46. The van der Waals surface area contributed by atoms with E-state index in [1.54, 1.807) is 18.5 Å². The third-order valence-corrected chi connectivity index (χ3v) is 5.41. The monoisotopic (exact) mass is 416 g/mol. The van der Waals surface area contributed by atoms with Gasteiger partial charge >= 0.3 is 6.18 Å². The quantitative estimate of drug-likeness (QED) is 0.491. The second-order valence-electron chi connectivity index (χ2n) is 6.28. The Labute approximate surface area is 160 Å². The number of thioether (sulfide) groups is 1. The Balaban J connectivity index is 1.70. The van der Waals surface area contributed by atoms with Crippen LogP contribution >= 0.6 is 11.8 Å². The molecule has 2 N–H and O–H groups in total. The maximum atomic E-state index is 14.0. The summed E-state index contributed by atoms with van der Waals surface area (Å²) in [5, 5.41) is 13.7. The minimum atomic E-state index is -4.34. The molecule has 28 heavy (non-hydrogen) atoms. The summed E-state index contributed by atoms with van der Waals surface area (Å²) in [5.41, 5.74) is 1.46. The average Bonchev–Trinajstić information content (AvgIpc) is 3.30. The van der Waals surface area contributed by atoms with Crippen molar-refractivity contribution in [2.75, 3.05) is 24.3 Å². The number of pyridine rings is 1. The number of ether oxygens (including phenoxy) is 1. The van der Waals surface area contributed by atoms with Crippen molar-refractivity contribution in [3.8, 4) is 11.1 Å². The zero-order valence-corrected chi connectivity index (χ0v) is 15.2. The molecule has 0 aromatic carbocycles. The minimum absolute atomic E-state index is 0.0115. The van der Waals surface area contributed by atoms with Crippen LogP contribution in [0, 0.1) is 0 Å². The number of fused-ring (bicyclic) bond motifs is 1. The van der Waals surface area contributed by atoms with Crippen molar-refractivity contribution in [1.82, 2.24) is 24.8 Å². The van der Waals surface area contributed by atoms with Gasteiger partial charge in [0.25, 0.3) is 0 Å². The fourth-order valence-corrected chi connectivity index (χ4v) is 3.86. The molecule has 3 aromatic heterocycles. The molecular formula is C16H16F4N6OS. The number of nitrogens with one attached hydrogen (secondary N) is 2. The number of alkyl halides is 4. The Bertz CT molecular complexity index is 945. The van der Waals surface area contributed by atoms with Crippen LogP contribution in [0.1, 0.15) is 6.42 Å². The number of aromatic amines is 1. The zero-order chi connectivity index (χ0) is 19.7. The Morgan fingerprint density at radius 3 is 2.96 bits per heavy atom. The number of hydrogen-bond acceptors (Lipinski definition) is 6. The largest absolute Gasteiger partial charge is 0.398 e. The SMILES string of the molecule is F[C@@H]1COCC[C@@H]1Nc1nc2c(SCC(F)(F)F)c(-c3cn[nH]c3)ccn2n1. The highest BCUT2D eigenvalue weighted by atomic mass is 32.2. The summed E-state index contributed by atoms with van der Waals surface area (Å²) in [6.45, 7) is 0.408. The van der Waals surface area contributed by atoms with E-state index >= 15 is 0 Å². The molecule has 4 rings (SSSR count). The molecular weight excluding hydrogens is 400 g/mol. The molecule has 0 radical (unpaired) electrons. The number of anilines is 1. The van der Waals surface area contributed by atoms with Gasteiger partial charge in [-0.1, -0.05) is 0 Å². The van der Waals surface area contributed by atoms with Crippen molar-refractivity contribution in [2.45, 2.75) is 29.7 Å². The van der Waals surface area contributed by atoms with Crippen LogP contribution in [0.15, 0.2) is 29.6 Å². The Kier molecular flexibility index (Phi) is 5.15. The topological polar surface area (TPSA) is 80.1 Å². The molecule has 0 saturated carbocycles. The third-order valence-electron chi connectivity index (χ3n) is 4.25. The van der Waals surface area contributed by atoms with Crippen molar-refractivity contribution in [3.63, 3.8) is 0 Å². The summed E-state index contributed by atoms with van der Waals surface area (Å²) < 4.78 is 58.9. The van der Waals surface area contributed by atoms with Crippen molar-refractivity contribution in [2.24, 2.45) is 0 Å². The first kappa shape index (κ1) is 19.0. The van der Waals surface area contributed by atoms with Gasteiger partial charge in [0.2, 0.25) is 5.95 Å². The Morgan fingerprint density at radius 2 is 2.25 bits per heavy atom. The number of halogens is 4. The fraction of sp³-hybridized carbons (Fsp3) is 0.438. The van der Waals surface area contributed by atoms with Crippen LogP contribution in [0.25, 0.3) is 16.8 Å². The van der Waals surface area contributed by atoms with E-state index in [1.165, 1.54) is 10.7 Å². The molecule has 3 aromatic rings. The van der Waals surface area contributed by atoms with Crippen LogP contribution in [0.2, 0.25) is 0 Å². The maximum Gasteiger partial charge on any atom is 0.398 e. The lowest BCUT2D eigenvalue weighted by atomic mass is 10.1. The number of H-pyrrole nitrogens is 1. The highest BCUT2D eigenvalue weighted by Gasteiger charge is 2.30. The van der Waals surface area contributed by atoms with E-state index in [1.807, 2.05) is 0 Å². The van der Waals surface area contributed by atoms with Gasteiger partial charge in [0, 0.05) is 30.1 Å². The van der Waals surface area contributed by atoms with E-state index < -0.39 is 24.1 Å². The fourth-order valence-electron chi connectivity index (χ4n) is 2.94. The number of aromatic nitrogens is 5. The predicted molar refractivity (Wildman–Crippen MR) is 95.1 cm³/mol. The van der Waals surface area contributed by atoms with E-state index in [2.05, 4.69) is 25.6 Å². The standard InChI is InChI=1S/C16H16F4N6OS/c17-11-7-27-4-2-12(11)23-15-24-14-13(28-8-16(18,19)20)10(1-3-26(14)25-15)9-5-21-22-6-9/h1,3,5-6,11-12H,2,4,7-8H2,(H,21,22)(H,23,25)/t11-,12+/m1/s1. The molecule has 12 heteroatoms. The summed E-state index contributed by atoms with van der Waals surface area (Å²) in [7, 11) is 0. The van der Waals surface area contributed by atoms with Gasteiger partial charge in [-0.05, 0) is 12.5 Å². The van der Waals surface area contributed by atoms with Gasteiger partial charge in [-0.3, -0.25) is 5.10 Å². The van der Waals surface area contributed by atoms with Gasteiger partial charge in [0.05, 0.1) is 29.5 Å². The molecule has 0 bridgehead atoms. The highest BCUT2D eigenvalue weighted by Crippen LogP contribution is 2.37. The van der Waals surface area contributed by atoms with Crippen molar-refractivity contribution >= 4 is 23.4 Å². The van der Waals surface area contributed by atoms with Crippen LogP contribution < -0.4 is 5.32 Å². The molecule has 1 aliphatic heterocycles. The van der Waals surface area contributed by atoms with Gasteiger partial charge < -0.3 is 10.1 Å². The van der Waals surface area contributed by atoms with E-state index in [9.17, 15) is 17.6 Å². The number of rotatable bonds is 5. The second kappa shape index (κ2) is 7.59. The summed E-state index contributed by atoms with van der Waals surface area (Å²) in [6, 6.07) is 1.15. The Morgan fingerprint density at radius 1 is 1.39 bits per heavy atom. The van der Waals surface area contributed by atoms with E-state index in [-0.39, 0.29) is 18.2 Å². The smallest absolute Gasteiger partial charge is 0.378 e. The normalized spacial score (nSPS) is 20.6. The molecule has 7 nitrogen and oxygen atoms in total. The zero-order valence-electron chi connectivity index (χ0n) is 14.4. The van der Waals surface area contributed by atoms with Crippen LogP contribution in [0.3, 0.4) is 0 Å². The molecule has 0 aliphatic carbocycles. The van der Waals surface area contributed by atoms with Crippen molar-refractivity contribution in [1.29, 1.82) is 0 Å². The summed E-state index contributed by atoms with van der Waals surface area (Å²) in [4.78, 5) is 4.65. The molecule has 0 amide bonds. The van der Waals surface area contributed by atoms with Crippen molar-refractivity contribution in [3.05, 3.63) is 24.7 Å². The van der Waals surface area contributed by atoms with Crippen LogP contribution in [-0.4, -0.2) is 62.2 Å². The molecule has 2 atom stereocenters. The lowest BCUT2D eigenvalue weighted by molar-refractivity contribution is -0.105. The van der Waals surface area contributed by atoms with E-state index in [0.717, 1.165) is 0 Å². The molecule has 1 saturated heterocycles. The minimum Gasteiger partial charge on any atom is -0.378 e. The average molecular weight is 416 g/mol. The van der Waals surface area contributed by atoms with E-state index in [0.29, 0.717) is 40.8 Å². The van der Waals surface area contributed by atoms with Crippen LogP contribution in [0.4, 0.5) is 23.5 Å². The summed E-state index contributed by atoms with van der Waals surface area (Å²) in [5.74, 6) is -0.910. The van der Waals surface area contributed by atoms with Gasteiger partial charge in [0.15, 0.2) is 5.65 Å². The van der Waals surface area contributed by atoms with Crippen molar-refractivity contribution < 1.29 is 22.3 Å². The first-order chi connectivity index (χ1) is 13.4. The van der Waals surface area contributed by atoms with Gasteiger partial charge in [0.1, 0.15) is 6.17 Å². The molecule has 1 fully saturated rings. The first-order valence-electron chi connectivity index (χ1n) is 8.47. The summed E-state index contributed by atoms with van der Waals surface area (Å²) in [6.07, 6.45) is -0.378. The van der Waals surface area contributed by atoms with Gasteiger partial charge in [-0.2, -0.15) is 23.3 Å². The Hall–Kier alpha value is -2.34. The molecule has 0 unspecified atom stereocenters. The number of nitrogens with zero attached hydrogens (tertiary/aromatic N) is 4. The second-order valence-corrected chi connectivity index (χ2v) is 7.27. The predicted octanol–water partition coefficient (Wildman–Crippen LogP) is 3.31. The summed E-state index contributed by atoms with van der Waals surface area (Å²) >= 11 is 0.630. The number of hydrogen-bond donors (Lipinski definition) is 2. The highest BCUT2D eigenvalue weighted by molar-refractivity contribution is 7.99. The van der Waals surface area contributed by atoms with Crippen LogP contribution in [0.5, 0.6) is 0 Å². The lowest BCUT2D eigenvalue weighted by Crippen LogP contribution is -2.39. The van der Waals surface area contributed by atoms with Gasteiger partial charge in [-0.15, -0.1) is 16.9 Å². The van der Waals surface area contributed by atoms with Crippen LogP contribution in [-0.2, 0) is 4.74 Å².